The van der Waals surface area contributed by atoms with Crippen molar-refractivity contribution in [3.8, 4) is 5.75 Å². The second kappa shape index (κ2) is 8.39. The van der Waals surface area contributed by atoms with Crippen LogP contribution in [-0.2, 0) is 5.41 Å². The van der Waals surface area contributed by atoms with Crippen molar-refractivity contribution >= 4 is 5.69 Å². The first-order valence-electron chi connectivity index (χ1n) is 8.88. The van der Waals surface area contributed by atoms with Gasteiger partial charge in [-0.15, -0.1) is 6.58 Å². The zero-order chi connectivity index (χ0) is 18.2. The van der Waals surface area contributed by atoms with Gasteiger partial charge in [0.15, 0.2) is 0 Å². The summed E-state index contributed by atoms with van der Waals surface area (Å²) in [7, 11) is 1.68. The third-order valence-corrected chi connectivity index (χ3v) is 4.83. The zero-order valence-corrected chi connectivity index (χ0v) is 15.2. The molecule has 0 unspecified atom stereocenters. The van der Waals surface area contributed by atoms with Gasteiger partial charge in [-0.1, -0.05) is 66.7 Å². The summed E-state index contributed by atoms with van der Waals surface area (Å²) < 4.78 is 5.25. The smallest absolute Gasteiger partial charge is 0.119 e. The molecule has 0 aliphatic rings. The van der Waals surface area contributed by atoms with Gasteiger partial charge in [0.25, 0.3) is 0 Å². The lowest BCUT2D eigenvalue weighted by Gasteiger charge is -2.35. The van der Waals surface area contributed by atoms with Gasteiger partial charge in [-0.05, 0) is 41.8 Å². The molecule has 0 saturated carbocycles. The summed E-state index contributed by atoms with van der Waals surface area (Å²) >= 11 is 0. The van der Waals surface area contributed by atoms with Crippen LogP contribution >= 0.6 is 0 Å². The van der Waals surface area contributed by atoms with Crippen LogP contribution in [0.3, 0.4) is 0 Å². The van der Waals surface area contributed by atoms with E-state index in [4.69, 9.17) is 4.74 Å². The molecule has 26 heavy (non-hydrogen) atoms. The summed E-state index contributed by atoms with van der Waals surface area (Å²) in [5, 5.41) is 3.62. The van der Waals surface area contributed by atoms with Crippen LogP contribution in [0.15, 0.2) is 97.6 Å². The van der Waals surface area contributed by atoms with E-state index in [1.54, 1.807) is 7.11 Å². The van der Waals surface area contributed by atoms with E-state index in [0.29, 0.717) is 0 Å². The van der Waals surface area contributed by atoms with E-state index >= 15 is 0 Å². The third kappa shape index (κ3) is 3.80. The van der Waals surface area contributed by atoms with E-state index < -0.39 is 0 Å². The fourth-order valence-electron chi connectivity index (χ4n) is 3.40. The zero-order valence-electron chi connectivity index (χ0n) is 15.2. The number of rotatable bonds is 8. The van der Waals surface area contributed by atoms with Crippen LogP contribution in [0.1, 0.15) is 17.5 Å². The molecule has 3 rings (SSSR count). The van der Waals surface area contributed by atoms with Crippen LogP contribution < -0.4 is 10.1 Å². The third-order valence-electron chi connectivity index (χ3n) is 4.83. The Hall–Kier alpha value is -3.00. The van der Waals surface area contributed by atoms with E-state index in [1.807, 2.05) is 30.3 Å². The molecule has 0 fully saturated rings. The molecule has 3 aromatic rings. The standard InChI is InChI=1S/C24H25NO/c1-3-18-24(20-10-6-4-7-11-20,21-12-8-5-9-13-21)19-25-22-14-16-23(26-2)17-15-22/h3-17,25H,1,18-19H2,2H3. The van der Waals surface area contributed by atoms with E-state index in [-0.39, 0.29) is 5.41 Å². The topological polar surface area (TPSA) is 21.3 Å². The van der Waals surface area contributed by atoms with Gasteiger partial charge in [0.05, 0.1) is 7.11 Å². The summed E-state index contributed by atoms with van der Waals surface area (Å²) in [5.74, 6) is 0.860. The minimum absolute atomic E-state index is 0.176. The molecule has 3 aromatic carbocycles. The number of hydrogen-bond donors (Lipinski definition) is 1. The number of allylic oxidation sites excluding steroid dienone is 1. The molecule has 0 saturated heterocycles. The van der Waals surface area contributed by atoms with Crippen molar-refractivity contribution in [1.82, 2.24) is 0 Å². The summed E-state index contributed by atoms with van der Waals surface area (Å²) in [5.41, 5.74) is 3.47. The van der Waals surface area contributed by atoms with Crippen molar-refractivity contribution in [2.45, 2.75) is 11.8 Å². The number of ether oxygens (including phenoxy) is 1. The van der Waals surface area contributed by atoms with Crippen LogP contribution in [0, 0.1) is 0 Å². The maximum Gasteiger partial charge on any atom is 0.119 e. The van der Waals surface area contributed by atoms with Gasteiger partial charge in [0.1, 0.15) is 5.75 Å². The Morgan fingerprint density at radius 1 is 0.846 bits per heavy atom. The lowest BCUT2D eigenvalue weighted by molar-refractivity contribution is 0.415. The number of methoxy groups -OCH3 is 1. The molecule has 1 N–H and O–H groups in total. The largest absolute Gasteiger partial charge is 0.497 e. The van der Waals surface area contributed by atoms with Crippen molar-refractivity contribution in [1.29, 1.82) is 0 Å². The summed E-state index contributed by atoms with van der Waals surface area (Å²) in [6, 6.07) is 29.4. The first kappa shape index (κ1) is 17.8. The van der Waals surface area contributed by atoms with Gasteiger partial charge >= 0.3 is 0 Å². The lowest BCUT2D eigenvalue weighted by atomic mass is 9.72. The second-order valence-electron chi connectivity index (χ2n) is 6.39. The molecule has 132 valence electrons. The predicted octanol–water partition coefficient (Wildman–Crippen LogP) is 5.67. The minimum atomic E-state index is -0.176. The molecule has 0 amide bonds. The summed E-state index contributed by atoms with van der Waals surface area (Å²) in [6.07, 6.45) is 2.86. The van der Waals surface area contributed by atoms with E-state index in [1.165, 1.54) is 11.1 Å². The second-order valence-corrected chi connectivity index (χ2v) is 6.39. The van der Waals surface area contributed by atoms with Crippen molar-refractivity contribution < 1.29 is 4.74 Å². The first-order valence-corrected chi connectivity index (χ1v) is 8.88. The maximum atomic E-state index is 5.25. The molecule has 0 heterocycles. The van der Waals surface area contributed by atoms with Gasteiger partial charge in [0.2, 0.25) is 0 Å². The summed E-state index contributed by atoms with van der Waals surface area (Å²) in [4.78, 5) is 0. The molecule has 0 radical (unpaired) electrons. The molecule has 2 nitrogen and oxygen atoms in total. The Morgan fingerprint density at radius 2 is 1.38 bits per heavy atom. The van der Waals surface area contributed by atoms with Gasteiger partial charge in [0, 0.05) is 17.6 Å². The van der Waals surface area contributed by atoms with Crippen LogP contribution in [0.4, 0.5) is 5.69 Å². The molecule has 0 bridgehead atoms. The highest BCUT2D eigenvalue weighted by molar-refractivity contribution is 5.49. The molecule has 0 atom stereocenters. The molecular formula is C24H25NO. The Balaban J connectivity index is 1.97. The van der Waals surface area contributed by atoms with Gasteiger partial charge < -0.3 is 10.1 Å². The van der Waals surface area contributed by atoms with Crippen LogP contribution in [0.25, 0.3) is 0 Å². The highest BCUT2D eigenvalue weighted by atomic mass is 16.5. The molecule has 0 aromatic heterocycles. The maximum absolute atomic E-state index is 5.25. The molecule has 0 aliphatic carbocycles. The Morgan fingerprint density at radius 3 is 1.85 bits per heavy atom. The highest BCUT2D eigenvalue weighted by Crippen LogP contribution is 2.36. The SMILES string of the molecule is C=CCC(CNc1ccc(OC)cc1)(c1ccccc1)c1ccccc1. The number of nitrogens with one attached hydrogen (secondary N) is 1. The van der Waals surface area contributed by atoms with Gasteiger partial charge in [-0.25, -0.2) is 0 Å². The molecule has 0 aliphatic heterocycles. The average molecular weight is 343 g/mol. The molecule has 0 spiro atoms. The lowest BCUT2D eigenvalue weighted by Crippen LogP contribution is -2.35. The van der Waals surface area contributed by atoms with Gasteiger partial charge in [-0.3, -0.25) is 0 Å². The van der Waals surface area contributed by atoms with Crippen molar-refractivity contribution in [3.05, 3.63) is 109 Å². The van der Waals surface area contributed by atoms with Crippen molar-refractivity contribution in [2.75, 3.05) is 19.0 Å². The number of benzene rings is 3. The van der Waals surface area contributed by atoms with E-state index in [2.05, 4.69) is 72.6 Å². The fourth-order valence-corrected chi connectivity index (χ4v) is 3.40. The summed E-state index contributed by atoms with van der Waals surface area (Å²) in [6.45, 7) is 4.81. The van der Waals surface area contributed by atoms with Crippen molar-refractivity contribution in [3.63, 3.8) is 0 Å². The number of anilines is 1. The predicted molar refractivity (Wildman–Crippen MR) is 110 cm³/mol. The monoisotopic (exact) mass is 343 g/mol. The van der Waals surface area contributed by atoms with E-state index in [0.717, 1.165) is 24.4 Å². The van der Waals surface area contributed by atoms with E-state index in [9.17, 15) is 0 Å². The van der Waals surface area contributed by atoms with Crippen LogP contribution in [-0.4, -0.2) is 13.7 Å². The minimum Gasteiger partial charge on any atom is -0.497 e. The normalized spacial score (nSPS) is 11.0. The quantitative estimate of drug-likeness (QED) is 0.532. The van der Waals surface area contributed by atoms with Gasteiger partial charge in [-0.2, -0.15) is 0 Å². The Kier molecular flexibility index (Phi) is 5.75. The van der Waals surface area contributed by atoms with Crippen LogP contribution in [0.2, 0.25) is 0 Å². The Bertz CT molecular complexity index is 770. The highest BCUT2D eigenvalue weighted by Gasteiger charge is 2.32. The van der Waals surface area contributed by atoms with Crippen molar-refractivity contribution in [2.24, 2.45) is 0 Å². The average Bonchev–Trinajstić information content (AvgIpc) is 2.73. The Labute approximate surface area is 156 Å². The van der Waals surface area contributed by atoms with Crippen LogP contribution in [0.5, 0.6) is 5.75 Å². The number of hydrogen-bond acceptors (Lipinski definition) is 2. The fraction of sp³-hybridized carbons (Fsp3) is 0.167. The molecule has 2 heteroatoms. The first-order chi connectivity index (χ1) is 12.8. The molecular weight excluding hydrogens is 318 g/mol.